The average molecular weight is 293 g/mol. The Morgan fingerprint density at radius 1 is 1.05 bits per heavy atom. The smallest absolute Gasteiger partial charge is 0.134 e. The maximum absolute atomic E-state index is 5.82. The molecular formula is C18H19N3O. The third-order valence-electron chi connectivity index (χ3n) is 3.47. The van der Waals surface area contributed by atoms with Crippen LogP contribution in [0, 0.1) is 0 Å². The molecule has 0 amide bonds. The van der Waals surface area contributed by atoms with Crippen molar-refractivity contribution in [2.75, 3.05) is 0 Å². The van der Waals surface area contributed by atoms with E-state index in [-0.39, 0.29) is 0 Å². The van der Waals surface area contributed by atoms with Gasteiger partial charge in [-0.1, -0.05) is 49.4 Å². The number of benzene rings is 2. The Morgan fingerprint density at radius 2 is 1.86 bits per heavy atom. The highest BCUT2D eigenvalue weighted by molar-refractivity contribution is 5.31. The normalized spacial score (nSPS) is 10.9. The number of hydrogen-bond acceptors (Lipinski definition) is 3. The molecule has 0 atom stereocenters. The van der Waals surface area contributed by atoms with Crippen molar-refractivity contribution in [2.45, 2.75) is 26.4 Å². The fraction of sp³-hybridized carbons (Fsp3) is 0.222. The fourth-order valence-corrected chi connectivity index (χ4v) is 2.19. The van der Waals surface area contributed by atoms with E-state index in [4.69, 9.17) is 4.74 Å². The Bertz CT molecular complexity index is 735. The predicted octanol–water partition coefficient (Wildman–Crippen LogP) is 3.97. The summed E-state index contributed by atoms with van der Waals surface area (Å²) in [7, 11) is 0. The standard InChI is InChI=1S/C18H19N3O/c1-14(2)15-7-6-10-18(11-15)22-13-16-12-21(20-19-16)17-8-4-3-5-9-17/h3-12,14H,13H2,1-2H3. The van der Waals surface area contributed by atoms with Crippen LogP contribution >= 0.6 is 0 Å². The summed E-state index contributed by atoms with van der Waals surface area (Å²) in [5, 5.41) is 8.28. The first kappa shape index (κ1) is 14.3. The van der Waals surface area contributed by atoms with Crippen molar-refractivity contribution in [1.82, 2.24) is 15.0 Å². The maximum atomic E-state index is 5.82. The summed E-state index contributed by atoms with van der Waals surface area (Å²) in [5.41, 5.74) is 3.06. The lowest BCUT2D eigenvalue weighted by molar-refractivity contribution is 0.300. The molecule has 0 aliphatic heterocycles. The average Bonchev–Trinajstić information content (AvgIpc) is 3.03. The van der Waals surface area contributed by atoms with E-state index in [1.807, 2.05) is 48.7 Å². The number of rotatable bonds is 5. The molecule has 0 saturated heterocycles. The molecule has 3 aromatic rings. The summed E-state index contributed by atoms with van der Waals surface area (Å²) >= 11 is 0. The van der Waals surface area contributed by atoms with Gasteiger partial charge in [-0.3, -0.25) is 0 Å². The van der Waals surface area contributed by atoms with Gasteiger partial charge in [-0.05, 0) is 35.7 Å². The van der Waals surface area contributed by atoms with Crippen LogP contribution in [0.25, 0.3) is 5.69 Å². The summed E-state index contributed by atoms with van der Waals surface area (Å²) in [6.45, 7) is 4.75. The molecule has 4 nitrogen and oxygen atoms in total. The first-order valence-corrected chi connectivity index (χ1v) is 7.42. The van der Waals surface area contributed by atoms with Crippen LogP contribution in [0.2, 0.25) is 0 Å². The van der Waals surface area contributed by atoms with E-state index in [1.54, 1.807) is 4.68 Å². The summed E-state index contributed by atoms with van der Waals surface area (Å²) < 4.78 is 7.57. The minimum atomic E-state index is 0.411. The van der Waals surface area contributed by atoms with Gasteiger partial charge in [0.15, 0.2) is 0 Å². The lowest BCUT2D eigenvalue weighted by Crippen LogP contribution is -1.97. The first-order chi connectivity index (χ1) is 10.7. The highest BCUT2D eigenvalue weighted by Crippen LogP contribution is 2.20. The highest BCUT2D eigenvalue weighted by Gasteiger charge is 2.05. The van der Waals surface area contributed by atoms with Crippen molar-refractivity contribution in [3.05, 3.63) is 72.1 Å². The molecule has 0 radical (unpaired) electrons. The van der Waals surface area contributed by atoms with Gasteiger partial charge in [0, 0.05) is 0 Å². The third kappa shape index (κ3) is 3.34. The molecule has 1 heterocycles. The molecule has 0 N–H and O–H groups in total. The molecule has 0 fully saturated rings. The number of ether oxygens (including phenoxy) is 1. The zero-order valence-corrected chi connectivity index (χ0v) is 12.8. The lowest BCUT2D eigenvalue weighted by atomic mass is 10.0. The molecule has 0 saturated carbocycles. The summed E-state index contributed by atoms with van der Waals surface area (Å²) in [6.07, 6.45) is 1.89. The van der Waals surface area contributed by atoms with Gasteiger partial charge in [0.2, 0.25) is 0 Å². The summed E-state index contributed by atoms with van der Waals surface area (Å²) in [5.74, 6) is 1.35. The molecule has 22 heavy (non-hydrogen) atoms. The van der Waals surface area contributed by atoms with Crippen LogP contribution in [0.4, 0.5) is 0 Å². The van der Waals surface area contributed by atoms with E-state index in [2.05, 4.69) is 36.3 Å². The number of aromatic nitrogens is 3. The second-order valence-electron chi connectivity index (χ2n) is 5.51. The summed E-state index contributed by atoms with van der Waals surface area (Å²) in [6, 6.07) is 18.1. The minimum Gasteiger partial charge on any atom is -0.487 e. The Hall–Kier alpha value is -2.62. The molecule has 112 valence electrons. The van der Waals surface area contributed by atoms with E-state index in [1.165, 1.54) is 5.56 Å². The summed E-state index contributed by atoms with van der Waals surface area (Å²) in [4.78, 5) is 0. The van der Waals surface area contributed by atoms with Gasteiger partial charge >= 0.3 is 0 Å². The quantitative estimate of drug-likeness (QED) is 0.714. The zero-order chi connectivity index (χ0) is 15.4. The lowest BCUT2D eigenvalue weighted by Gasteiger charge is -2.08. The van der Waals surface area contributed by atoms with E-state index in [0.717, 1.165) is 17.1 Å². The van der Waals surface area contributed by atoms with Crippen LogP contribution in [0.3, 0.4) is 0 Å². The van der Waals surface area contributed by atoms with E-state index < -0.39 is 0 Å². The number of para-hydroxylation sites is 1. The number of hydrogen-bond donors (Lipinski definition) is 0. The molecule has 0 unspecified atom stereocenters. The second-order valence-corrected chi connectivity index (χ2v) is 5.51. The molecular weight excluding hydrogens is 274 g/mol. The monoisotopic (exact) mass is 293 g/mol. The topological polar surface area (TPSA) is 39.9 Å². The van der Waals surface area contributed by atoms with Crippen molar-refractivity contribution in [3.8, 4) is 11.4 Å². The van der Waals surface area contributed by atoms with E-state index in [9.17, 15) is 0 Å². The SMILES string of the molecule is CC(C)c1cccc(OCc2cn(-c3ccccc3)nn2)c1. The fourth-order valence-electron chi connectivity index (χ4n) is 2.19. The number of nitrogens with zero attached hydrogens (tertiary/aromatic N) is 3. The second kappa shape index (κ2) is 6.43. The third-order valence-corrected chi connectivity index (χ3v) is 3.47. The van der Waals surface area contributed by atoms with Crippen LogP contribution in [0.15, 0.2) is 60.8 Å². The van der Waals surface area contributed by atoms with Gasteiger partial charge in [-0.15, -0.1) is 5.10 Å². The van der Waals surface area contributed by atoms with Crippen LogP contribution in [-0.4, -0.2) is 15.0 Å². The van der Waals surface area contributed by atoms with Crippen molar-refractivity contribution >= 4 is 0 Å². The van der Waals surface area contributed by atoms with Crippen molar-refractivity contribution < 1.29 is 4.74 Å². The molecule has 0 aliphatic carbocycles. The molecule has 4 heteroatoms. The van der Waals surface area contributed by atoms with Gasteiger partial charge < -0.3 is 4.74 Å². The van der Waals surface area contributed by atoms with Gasteiger partial charge in [0.1, 0.15) is 18.1 Å². The van der Waals surface area contributed by atoms with Crippen LogP contribution in [0.5, 0.6) is 5.75 Å². The molecule has 0 aliphatic rings. The molecule has 0 spiro atoms. The minimum absolute atomic E-state index is 0.411. The van der Waals surface area contributed by atoms with Gasteiger partial charge in [0.05, 0.1) is 11.9 Å². The van der Waals surface area contributed by atoms with Crippen molar-refractivity contribution in [3.63, 3.8) is 0 Å². The van der Waals surface area contributed by atoms with Gasteiger partial charge in [-0.2, -0.15) is 0 Å². The maximum Gasteiger partial charge on any atom is 0.134 e. The Kier molecular flexibility index (Phi) is 4.19. The van der Waals surface area contributed by atoms with Crippen LogP contribution < -0.4 is 4.74 Å². The highest BCUT2D eigenvalue weighted by atomic mass is 16.5. The van der Waals surface area contributed by atoms with Crippen molar-refractivity contribution in [1.29, 1.82) is 0 Å². The van der Waals surface area contributed by atoms with Crippen LogP contribution in [-0.2, 0) is 6.61 Å². The largest absolute Gasteiger partial charge is 0.487 e. The van der Waals surface area contributed by atoms with Gasteiger partial charge in [-0.25, -0.2) is 4.68 Å². The Labute approximate surface area is 130 Å². The van der Waals surface area contributed by atoms with Crippen LogP contribution in [0.1, 0.15) is 31.0 Å². The Balaban J connectivity index is 1.67. The van der Waals surface area contributed by atoms with Crippen molar-refractivity contribution in [2.24, 2.45) is 0 Å². The zero-order valence-electron chi connectivity index (χ0n) is 12.8. The molecule has 0 bridgehead atoms. The predicted molar refractivity (Wildman–Crippen MR) is 86.2 cm³/mol. The Morgan fingerprint density at radius 3 is 2.64 bits per heavy atom. The van der Waals surface area contributed by atoms with Gasteiger partial charge in [0.25, 0.3) is 0 Å². The molecule has 3 rings (SSSR count). The van der Waals surface area contributed by atoms with E-state index >= 15 is 0 Å². The first-order valence-electron chi connectivity index (χ1n) is 7.42. The van der Waals surface area contributed by atoms with E-state index in [0.29, 0.717) is 12.5 Å². The molecule has 1 aromatic heterocycles. The molecule has 2 aromatic carbocycles.